The molecule has 6 heteroatoms. The minimum absolute atomic E-state index is 0.0643. The van der Waals surface area contributed by atoms with Crippen molar-refractivity contribution >= 4 is 27.5 Å². The van der Waals surface area contributed by atoms with E-state index in [1.54, 1.807) is 30.4 Å². The van der Waals surface area contributed by atoms with Gasteiger partial charge in [0.2, 0.25) is 5.91 Å². The van der Waals surface area contributed by atoms with Crippen LogP contribution in [-0.2, 0) is 17.9 Å². The fourth-order valence-electron chi connectivity index (χ4n) is 2.59. The monoisotopic (exact) mass is 357 g/mol. The molecule has 0 radical (unpaired) electrons. The Labute approximate surface area is 150 Å². The highest BCUT2D eigenvalue weighted by atomic mass is 32.1. The van der Waals surface area contributed by atoms with Gasteiger partial charge in [-0.2, -0.15) is 0 Å². The van der Waals surface area contributed by atoms with Gasteiger partial charge >= 0.3 is 0 Å². The van der Waals surface area contributed by atoms with E-state index in [0.717, 1.165) is 20.8 Å². The van der Waals surface area contributed by atoms with Crippen molar-refractivity contribution in [2.24, 2.45) is 0 Å². The van der Waals surface area contributed by atoms with Crippen molar-refractivity contribution in [3.8, 4) is 0 Å². The molecule has 0 saturated carbocycles. The van der Waals surface area contributed by atoms with Crippen LogP contribution in [0.2, 0.25) is 0 Å². The summed E-state index contributed by atoms with van der Waals surface area (Å²) in [6, 6.07) is 12.9. The van der Waals surface area contributed by atoms with Gasteiger partial charge in [-0.15, -0.1) is 11.3 Å². The average Bonchev–Trinajstić information content (AvgIpc) is 2.97. The van der Waals surface area contributed by atoms with Crippen LogP contribution in [0.1, 0.15) is 16.1 Å². The summed E-state index contributed by atoms with van der Waals surface area (Å²) in [6.07, 6.45) is 0. The summed E-state index contributed by atoms with van der Waals surface area (Å²) in [5.74, 6) is -0.295. The van der Waals surface area contributed by atoms with Crippen molar-refractivity contribution in [1.82, 2.24) is 15.2 Å². The van der Waals surface area contributed by atoms with Gasteiger partial charge < -0.3 is 5.32 Å². The molecule has 0 aliphatic rings. The molecule has 130 valence electrons. The molecule has 1 amide bonds. The van der Waals surface area contributed by atoms with Crippen molar-refractivity contribution in [3.63, 3.8) is 0 Å². The molecule has 0 aliphatic carbocycles. The highest BCUT2D eigenvalue weighted by Crippen LogP contribution is 2.22. The van der Waals surface area contributed by atoms with E-state index in [4.69, 9.17) is 0 Å². The second-order valence-electron chi connectivity index (χ2n) is 6.11. The number of nitrogens with one attached hydrogen (secondary N) is 1. The fourth-order valence-corrected chi connectivity index (χ4v) is 3.64. The largest absolute Gasteiger partial charge is 0.351 e. The molecule has 3 aromatic rings. The van der Waals surface area contributed by atoms with Crippen molar-refractivity contribution in [2.45, 2.75) is 20.0 Å². The van der Waals surface area contributed by atoms with Gasteiger partial charge in [-0.25, -0.2) is 9.37 Å². The van der Waals surface area contributed by atoms with Crippen molar-refractivity contribution in [3.05, 3.63) is 64.4 Å². The van der Waals surface area contributed by atoms with E-state index in [2.05, 4.69) is 10.3 Å². The predicted octanol–water partition coefficient (Wildman–Crippen LogP) is 3.49. The molecule has 0 atom stereocenters. The van der Waals surface area contributed by atoms with Crippen LogP contribution < -0.4 is 5.32 Å². The van der Waals surface area contributed by atoms with Crippen LogP contribution in [0, 0.1) is 12.7 Å². The van der Waals surface area contributed by atoms with E-state index < -0.39 is 0 Å². The van der Waals surface area contributed by atoms with E-state index in [-0.39, 0.29) is 18.3 Å². The normalized spacial score (nSPS) is 11.2. The smallest absolute Gasteiger partial charge is 0.234 e. The van der Waals surface area contributed by atoms with Gasteiger partial charge in [0.15, 0.2) is 0 Å². The fraction of sp³-hybridized carbons (Fsp3) is 0.263. The Bertz CT molecular complexity index is 860. The Kier molecular flexibility index (Phi) is 5.40. The van der Waals surface area contributed by atoms with Crippen LogP contribution in [0.5, 0.6) is 0 Å². The number of para-hydroxylation sites is 1. The molecule has 1 N–H and O–H groups in total. The second-order valence-corrected chi connectivity index (χ2v) is 7.22. The van der Waals surface area contributed by atoms with Crippen LogP contribution in [0.15, 0.2) is 42.5 Å². The Balaban J connectivity index is 1.50. The zero-order chi connectivity index (χ0) is 17.8. The Morgan fingerprint density at radius 1 is 1.28 bits per heavy atom. The maximum absolute atomic E-state index is 13.3. The van der Waals surface area contributed by atoms with Gasteiger partial charge in [0.1, 0.15) is 10.8 Å². The lowest BCUT2D eigenvalue weighted by Crippen LogP contribution is -2.34. The first-order valence-electron chi connectivity index (χ1n) is 8.06. The number of nitrogens with zero attached hydrogens (tertiary/aromatic N) is 2. The molecule has 1 heterocycles. The Morgan fingerprint density at radius 2 is 2.08 bits per heavy atom. The second kappa shape index (κ2) is 7.72. The highest BCUT2D eigenvalue weighted by Gasteiger charge is 2.10. The van der Waals surface area contributed by atoms with Crippen LogP contribution in [0.25, 0.3) is 10.2 Å². The van der Waals surface area contributed by atoms with Crippen LogP contribution >= 0.6 is 11.3 Å². The number of carbonyl (C=O) groups is 1. The lowest BCUT2D eigenvalue weighted by atomic mass is 10.1. The lowest BCUT2D eigenvalue weighted by Gasteiger charge is -2.14. The molecule has 0 unspecified atom stereocenters. The molecule has 3 rings (SSSR count). The molecule has 25 heavy (non-hydrogen) atoms. The first-order chi connectivity index (χ1) is 12.0. The summed E-state index contributed by atoms with van der Waals surface area (Å²) < 4.78 is 14.4. The molecular formula is C19H20FN3OS. The number of carbonyl (C=O) groups excluding carboxylic acids is 1. The van der Waals surface area contributed by atoms with E-state index >= 15 is 0 Å². The standard InChI is InChI=1S/C19H20FN3OS/c1-13-9-14(7-8-15(13)20)10-21-18(24)11-23(2)12-19-22-16-5-3-4-6-17(16)25-19/h3-9H,10-12H2,1-2H3,(H,21,24). The van der Waals surface area contributed by atoms with Crippen molar-refractivity contribution in [1.29, 1.82) is 0 Å². The molecule has 0 aliphatic heterocycles. The summed E-state index contributed by atoms with van der Waals surface area (Å²) in [5.41, 5.74) is 2.47. The third-order valence-electron chi connectivity index (χ3n) is 3.87. The number of rotatable bonds is 6. The van der Waals surface area contributed by atoms with Crippen LogP contribution in [0.3, 0.4) is 0 Å². The maximum atomic E-state index is 13.3. The van der Waals surface area contributed by atoms with E-state index in [9.17, 15) is 9.18 Å². The number of hydrogen-bond donors (Lipinski definition) is 1. The van der Waals surface area contributed by atoms with Crippen molar-refractivity contribution in [2.75, 3.05) is 13.6 Å². The number of thiazole rings is 1. The predicted molar refractivity (Wildman–Crippen MR) is 98.9 cm³/mol. The van der Waals surface area contributed by atoms with Crippen LogP contribution in [0.4, 0.5) is 4.39 Å². The lowest BCUT2D eigenvalue weighted by molar-refractivity contribution is -0.122. The molecule has 0 bridgehead atoms. The first-order valence-corrected chi connectivity index (χ1v) is 8.87. The van der Waals surface area contributed by atoms with Gasteiger partial charge in [0.25, 0.3) is 0 Å². The first kappa shape index (κ1) is 17.5. The molecule has 0 saturated heterocycles. The zero-order valence-electron chi connectivity index (χ0n) is 14.3. The number of hydrogen-bond acceptors (Lipinski definition) is 4. The SMILES string of the molecule is Cc1cc(CNC(=O)CN(C)Cc2nc3ccccc3s2)ccc1F. The van der Waals surface area contributed by atoms with Gasteiger partial charge in [-0.1, -0.05) is 24.3 Å². The van der Waals surface area contributed by atoms with E-state index in [0.29, 0.717) is 18.7 Å². The molecule has 4 nitrogen and oxygen atoms in total. The number of halogens is 1. The number of aryl methyl sites for hydroxylation is 1. The summed E-state index contributed by atoms with van der Waals surface area (Å²) in [4.78, 5) is 18.6. The van der Waals surface area contributed by atoms with Crippen molar-refractivity contribution < 1.29 is 9.18 Å². The molecule has 1 aromatic heterocycles. The number of benzene rings is 2. The quantitative estimate of drug-likeness (QED) is 0.734. The number of aromatic nitrogens is 1. The topological polar surface area (TPSA) is 45.2 Å². The maximum Gasteiger partial charge on any atom is 0.234 e. The summed E-state index contributed by atoms with van der Waals surface area (Å²) in [6.45, 7) is 3.03. The average molecular weight is 357 g/mol. The Morgan fingerprint density at radius 3 is 2.84 bits per heavy atom. The molecule has 0 fully saturated rings. The highest BCUT2D eigenvalue weighted by molar-refractivity contribution is 7.18. The molecule has 2 aromatic carbocycles. The summed E-state index contributed by atoms with van der Waals surface area (Å²) in [7, 11) is 1.90. The number of fused-ring (bicyclic) bond motifs is 1. The van der Waals surface area contributed by atoms with Gasteiger partial charge in [0, 0.05) is 6.54 Å². The minimum Gasteiger partial charge on any atom is -0.351 e. The molecular weight excluding hydrogens is 337 g/mol. The Hall–Kier alpha value is -2.31. The number of likely N-dealkylation sites (N-methyl/N-ethyl adjacent to an activating group) is 1. The van der Waals surface area contributed by atoms with E-state index in [1.165, 1.54) is 6.07 Å². The zero-order valence-corrected chi connectivity index (χ0v) is 15.1. The van der Waals surface area contributed by atoms with Gasteiger partial charge in [0.05, 0.1) is 23.3 Å². The third-order valence-corrected chi connectivity index (χ3v) is 4.89. The number of amides is 1. The molecule has 0 spiro atoms. The van der Waals surface area contributed by atoms with Gasteiger partial charge in [-0.05, 0) is 43.3 Å². The summed E-state index contributed by atoms with van der Waals surface area (Å²) in [5, 5.41) is 3.86. The van der Waals surface area contributed by atoms with E-state index in [1.807, 2.05) is 36.2 Å². The third kappa shape index (κ3) is 4.61. The van der Waals surface area contributed by atoms with Crippen LogP contribution in [-0.4, -0.2) is 29.4 Å². The van der Waals surface area contributed by atoms with Gasteiger partial charge in [-0.3, -0.25) is 9.69 Å². The summed E-state index contributed by atoms with van der Waals surface area (Å²) >= 11 is 1.65. The minimum atomic E-state index is -0.231.